The van der Waals surface area contributed by atoms with Crippen LogP contribution in [0.15, 0.2) is 30.3 Å². The standard InChI is InChI=1S/C10H12OSSe/c11-12-8-4-7-10(12)13-9-5-2-1-3-6-9/h1-3,5-6,10H,4,7-8H2/t10-,12+/m0/s1. The van der Waals surface area contributed by atoms with Crippen LogP contribution in [-0.4, -0.2) is 29.1 Å². The number of hydrogen-bond donors (Lipinski definition) is 0. The fourth-order valence-corrected chi connectivity index (χ4v) is 6.42. The van der Waals surface area contributed by atoms with Crippen molar-refractivity contribution in [3.05, 3.63) is 30.3 Å². The van der Waals surface area contributed by atoms with Crippen molar-refractivity contribution >= 4 is 30.2 Å². The van der Waals surface area contributed by atoms with Gasteiger partial charge in [0.05, 0.1) is 0 Å². The molecule has 0 bridgehead atoms. The van der Waals surface area contributed by atoms with E-state index >= 15 is 0 Å². The van der Waals surface area contributed by atoms with Crippen molar-refractivity contribution < 1.29 is 4.21 Å². The average molecular weight is 259 g/mol. The molecule has 3 heteroatoms. The van der Waals surface area contributed by atoms with E-state index in [9.17, 15) is 4.21 Å². The maximum absolute atomic E-state index is 11.5. The Hall–Kier alpha value is -0.111. The molecular formula is C10H12OSSe. The van der Waals surface area contributed by atoms with Crippen molar-refractivity contribution in [2.75, 3.05) is 5.75 Å². The van der Waals surface area contributed by atoms with E-state index < -0.39 is 10.8 Å². The van der Waals surface area contributed by atoms with Crippen molar-refractivity contribution in [1.29, 1.82) is 0 Å². The van der Waals surface area contributed by atoms with Crippen molar-refractivity contribution in [2.24, 2.45) is 0 Å². The van der Waals surface area contributed by atoms with Crippen LogP contribution in [0.1, 0.15) is 12.8 Å². The van der Waals surface area contributed by atoms with Gasteiger partial charge in [0, 0.05) is 0 Å². The molecule has 1 nitrogen and oxygen atoms in total. The summed E-state index contributed by atoms with van der Waals surface area (Å²) in [6.07, 6.45) is 2.33. The second-order valence-corrected chi connectivity index (χ2v) is 8.18. The van der Waals surface area contributed by atoms with Crippen LogP contribution in [0.25, 0.3) is 0 Å². The molecule has 1 heterocycles. The van der Waals surface area contributed by atoms with Crippen LogP contribution in [0.2, 0.25) is 0 Å². The molecule has 1 saturated heterocycles. The van der Waals surface area contributed by atoms with Gasteiger partial charge in [0.1, 0.15) is 0 Å². The third kappa shape index (κ3) is 2.43. The predicted molar refractivity (Wildman–Crippen MR) is 57.9 cm³/mol. The molecule has 13 heavy (non-hydrogen) atoms. The molecule has 0 unspecified atom stereocenters. The molecule has 0 aliphatic carbocycles. The van der Waals surface area contributed by atoms with Gasteiger partial charge >= 0.3 is 87.5 Å². The first kappa shape index (κ1) is 9.44. The summed E-state index contributed by atoms with van der Waals surface area (Å²) in [4.78, 5) is 0. The van der Waals surface area contributed by atoms with E-state index in [1.807, 2.05) is 6.07 Å². The molecule has 0 aromatic heterocycles. The molecule has 0 N–H and O–H groups in total. The molecule has 0 radical (unpaired) electrons. The maximum atomic E-state index is 11.5. The Bertz CT molecular complexity index is 299. The van der Waals surface area contributed by atoms with Gasteiger partial charge in [-0.15, -0.1) is 0 Å². The molecule has 1 aliphatic heterocycles. The molecule has 1 aliphatic rings. The zero-order valence-corrected chi connectivity index (χ0v) is 9.84. The third-order valence-electron chi connectivity index (χ3n) is 2.09. The van der Waals surface area contributed by atoms with Gasteiger partial charge in [0.2, 0.25) is 0 Å². The monoisotopic (exact) mass is 260 g/mol. The van der Waals surface area contributed by atoms with E-state index in [1.165, 1.54) is 10.9 Å². The van der Waals surface area contributed by atoms with Crippen LogP contribution in [0, 0.1) is 0 Å². The van der Waals surface area contributed by atoms with Crippen LogP contribution < -0.4 is 4.46 Å². The van der Waals surface area contributed by atoms with Crippen molar-refractivity contribution in [1.82, 2.24) is 0 Å². The minimum atomic E-state index is -0.533. The average Bonchev–Trinajstić information content (AvgIpc) is 2.54. The quantitative estimate of drug-likeness (QED) is 0.721. The fourth-order valence-electron chi connectivity index (χ4n) is 1.42. The SMILES string of the molecule is O=[S@@]1CCC[C@@H]1[Se]c1ccccc1. The first-order valence-corrected chi connectivity index (χ1v) is 7.68. The van der Waals surface area contributed by atoms with Gasteiger partial charge in [-0.2, -0.15) is 0 Å². The molecule has 1 aromatic carbocycles. The van der Waals surface area contributed by atoms with Crippen LogP contribution in [0.5, 0.6) is 0 Å². The zero-order valence-electron chi connectivity index (χ0n) is 7.31. The van der Waals surface area contributed by atoms with Gasteiger partial charge in [-0.25, -0.2) is 0 Å². The van der Waals surface area contributed by atoms with Gasteiger partial charge in [-0.1, -0.05) is 0 Å². The number of rotatable bonds is 2. The second-order valence-electron chi connectivity index (χ2n) is 3.09. The van der Waals surface area contributed by atoms with Crippen LogP contribution in [0.3, 0.4) is 0 Å². The molecule has 2 rings (SSSR count). The Balaban J connectivity index is 2.02. The summed E-state index contributed by atoms with van der Waals surface area (Å²) < 4.78 is 13.4. The molecule has 1 fully saturated rings. The van der Waals surface area contributed by atoms with E-state index in [0.29, 0.717) is 19.1 Å². The summed E-state index contributed by atoms with van der Waals surface area (Å²) in [5, 5.41) is 0. The molecule has 0 saturated carbocycles. The van der Waals surface area contributed by atoms with Crippen molar-refractivity contribution in [3.8, 4) is 0 Å². The first-order chi connectivity index (χ1) is 6.36. The summed E-state index contributed by atoms with van der Waals surface area (Å²) in [5.74, 6) is 0.930. The van der Waals surface area contributed by atoms with E-state index in [1.54, 1.807) is 0 Å². The topological polar surface area (TPSA) is 17.1 Å². The van der Waals surface area contributed by atoms with Crippen molar-refractivity contribution in [2.45, 2.75) is 17.0 Å². The predicted octanol–water partition coefficient (Wildman–Crippen LogP) is 0.885. The van der Waals surface area contributed by atoms with E-state index in [0.717, 1.165) is 12.2 Å². The van der Waals surface area contributed by atoms with Crippen LogP contribution in [-0.2, 0) is 10.8 Å². The molecule has 0 amide bonds. The normalized spacial score (nSPS) is 27.7. The van der Waals surface area contributed by atoms with Gasteiger partial charge in [0.25, 0.3) is 0 Å². The molecule has 2 atom stereocenters. The second kappa shape index (κ2) is 4.41. The summed E-state index contributed by atoms with van der Waals surface area (Å²) in [5.41, 5.74) is 0. The minimum absolute atomic E-state index is 0.419. The summed E-state index contributed by atoms with van der Waals surface area (Å²) in [7, 11) is -0.533. The molecular weight excluding hydrogens is 247 g/mol. The Morgan fingerprint density at radius 1 is 1.31 bits per heavy atom. The Labute approximate surface area is 87.5 Å². The fraction of sp³-hybridized carbons (Fsp3) is 0.400. The Morgan fingerprint density at radius 3 is 2.69 bits per heavy atom. The molecule has 1 aromatic rings. The van der Waals surface area contributed by atoms with Gasteiger partial charge < -0.3 is 0 Å². The molecule has 0 spiro atoms. The van der Waals surface area contributed by atoms with Gasteiger partial charge in [0.15, 0.2) is 0 Å². The third-order valence-corrected chi connectivity index (χ3v) is 7.64. The first-order valence-electron chi connectivity index (χ1n) is 4.45. The number of benzene rings is 1. The van der Waals surface area contributed by atoms with E-state index in [4.69, 9.17) is 0 Å². The Morgan fingerprint density at radius 2 is 2.08 bits per heavy atom. The van der Waals surface area contributed by atoms with E-state index in [-0.39, 0.29) is 0 Å². The van der Waals surface area contributed by atoms with Gasteiger partial charge in [-0.3, -0.25) is 0 Å². The Kier molecular flexibility index (Phi) is 3.20. The summed E-state index contributed by atoms with van der Waals surface area (Å²) in [6, 6.07) is 10.5. The summed E-state index contributed by atoms with van der Waals surface area (Å²) >= 11 is 0.419. The van der Waals surface area contributed by atoms with Gasteiger partial charge in [-0.05, 0) is 0 Å². The number of hydrogen-bond acceptors (Lipinski definition) is 1. The van der Waals surface area contributed by atoms with Crippen LogP contribution in [0.4, 0.5) is 0 Å². The van der Waals surface area contributed by atoms with E-state index in [2.05, 4.69) is 24.3 Å². The van der Waals surface area contributed by atoms with Crippen molar-refractivity contribution in [3.63, 3.8) is 0 Å². The molecule has 70 valence electrons. The summed E-state index contributed by atoms with van der Waals surface area (Å²) in [6.45, 7) is 0. The van der Waals surface area contributed by atoms with Crippen LogP contribution >= 0.6 is 0 Å². The zero-order chi connectivity index (χ0) is 9.10.